The number of hydrogen-bond acceptors (Lipinski definition) is 5. The van der Waals surface area contributed by atoms with Crippen LogP contribution in [0.2, 0.25) is 5.02 Å². The lowest BCUT2D eigenvalue weighted by Gasteiger charge is -2.40. The Bertz CT molecular complexity index is 1340. The number of nitrogens with two attached hydrogens (primary N) is 1. The van der Waals surface area contributed by atoms with Gasteiger partial charge in [0, 0.05) is 36.6 Å². The van der Waals surface area contributed by atoms with Crippen LogP contribution in [0.1, 0.15) is 24.5 Å². The average molecular weight is 460 g/mol. The molecule has 0 spiro atoms. The molecule has 168 valence electrons. The Morgan fingerprint density at radius 1 is 0.970 bits per heavy atom. The van der Waals surface area contributed by atoms with Crippen LogP contribution in [0.4, 0.5) is 5.82 Å². The molecule has 1 fully saturated rings. The van der Waals surface area contributed by atoms with Crippen LogP contribution < -0.4 is 5.73 Å². The molecule has 0 aliphatic carbocycles. The molecule has 3 aromatic carbocycles. The van der Waals surface area contributed by atoms with E-state index in [9.17, 15) is 4.79 Å². The molecule has 1 aliphatic heterocycles. The molecule has 1 atom stereocenters. The standard InChI is InChI=1S/C26H26ClN5O/c1-2-24-26(33)32(15-18-4-8-22-23(12-18)29-16-30-25(22)28)10-9-31(24)14-17-3-5-20-13-21(27)7-6-19(20)11-17/h3-8,11-13,16,24H,2,9-10,14-15H2,1H3,(H2,28,29,30)/t24-/m0/s1. The smallest absolute Gasteiger partial charge is 0.240 e. The predicted octanol–water partition coefficient (Wildman–Crippen LogP) is 4.64. The van der Waals surface area contributed by atoms with Gasteiger partial charge in [0.1, 0.15) is 12.1 Å². The molecular weight excluding hydrogens is 434 g/mol. The van der Waals surface area contributed by atoms with Gasteiger partial charge >= 0.3 is 0 Å². The summed E-state index contributed by atoms with van der Waals surface area (Å²) < 4.78 is 0. The first-order chi connectivity index (χ1) is 16.0. The number of rotatable bonds is 5. The molecule has 2 N–H and O–H groups in total. The number of aromatic nitrogens is 2. The van der Waals surface area contributed by atoms with Crippen molar-refractivity contribution < 1.29 is 4.79 Å². The first kappa shape index (κ1) is 21.6. The Balaban J connectivity index is 1.31. The number of nitrogen functional groups attached to an aromatic ring is 1. The Labute approximate surface area is 198 Å². The maximum Gasteiger partial charge on any atom is 0.240 e. The predicted molar refractivity (Wildman–Crippen MR) is 133 cm³/mol. The molecule has 1 aliphatic rings. The highest BCUT2D eigenvalue weighted by atomic mass is 35.5. The molecule has 0 saturated carbocycles. The number of amides is 1. The van der Waals surface area contributed by atoms with Crippen LogP contribution in [0.15, 0.2) is 60.9 Å². The van der Waals surface area contributed by atoms with E-state index < -0.39 is 0 Å². The molecule has 7 heteroatoms. The van der Waals surface area contributed by atoms with Crippen LogP contribution in [0.5, 0.6) is 0 Å². The molecule has 0 radical (unpaired) electrons. The average Bonchev–Trinajstić information content (AvgIpc) is 2.81. The van der Waals surface area contributed by atoms with E-state index in [1.54, 1.807) is 0 Å². The molecule has 1 amide bonds. The third-order valence-corrected chi connectivity index (χ3v) is 6.67. The van der Waals surface area contributed by atoms with Crippen molar-refractivity contribution in [2.45, 2.75) is 32.5 Å². The second-order valence-electron chi connectivity index (χ2n) is 8.59. The summed E-state index contributed by atoms with van der Waals surface area (Å²) in [5.74, 6) is 0.651. The molecule has 33 heavy (non-hydrogen) atoms. The summed E-state index contributed by atoms with van der Waals surface area (Å²) >= 11 is 6.11. The molecule has 6 nitrogen and oxygen atoms in total. The monoisotopic (exact) mass is 459 g/mol. The van der Waals surface area contributed by atoms with Crippen molar-refractivity contribution in [2.75, 3.05) is 18.8 Å². The maximum absolute atomic E-state index is 13.4. The lowest BCUT2D eigenvalue weighted by Crippen LogP contribution is -2.55. The number of fused-ring (bicyclic) bond motifs is 2. The summed E-state index contributed by atoms with van der Waals surface area (Å²) in [5.41, 5.74) is 8.99. The van der Waals surface area contributed by atoms with Crippen molar-refractivity contribution in [3.63, 3.8) is 0 Å². The number of anilines is 1. The van der Waals surface area contributed by atoms with E-state index in [0.717, 1.165) is 51.8 Å². The lowest BCUT2D eigenvalue weighted by molar-refractivity contribution is -0.143. The maximum atomic E-state index is 13.4. The van der Waals surface area contributed by atoms with Crippen LogP contribution in [0.25, 0.3) is 21.7 Å². The highest BCUT2D eigenvalue weighted by molar-refractivity contribution is 6.31. The van der Waals surface area contributed by atoms with Gasteiger partial charge in [-0.3, -0.25) is 9.69 Å². The Morgan fingerprint density at radius 3 is 2.58 bits per heavy atom. The first-order valence-electron chi connectivity index (χ1n) is 11.2. The number of carbonyl (C=O) groups excluding carboxylic acids is 1. The SMILES string of the molecule is CC[C@H]1C(=O)N(Cc2ccc3c(N)ncnc3c2)CCN1Cc1ccc2cc(Cl)ccc2c1. The van der Waals surface area contributed by atoms with Crippen molar-refractivity contribution in [2.24, 2.45) is 0 Å². The van der Waals surface area contributed by atoms with E-state index in [2.05, 4.69) is 40.0 Å². The number of piperazine rings is 1. The quantitative estimate of drug-likeness (QED) is 0.470. The van der Waals surface area contributed by atoms with E-state index >= 15 is 0 Å². The highest BCUT2D eigenvalue weighted by Gasteiger charge is 2.33. The number of halogens is 1. The fourth-order valence-electron chi connectivity index (χ4n) is 4.70. The van der Waals surface area contributed by atoms with Crippen LogP contribution in [-0.2, 0) is 17.9 Å². The lowest BCUT2D eigenvalue weighted by atomic mass is 10.0. The Hall–Kier alpha value is -3.22. The molecule has 1 aromatic heterocycles. The van der Waals surface area contributed by atoms with Gasteiger partial charge in [-0.25, -0.2) is 9.97 Å². The van der Waals surface area contributed by atoms with Gasteiger partial charge < -0.3 is 10.6 Å². The van der Waals surface area contributed by atoms with Gasteiger partial charge in [-0.2, -0.15) is 0 Å². The van der Waals surface area contributed by atoms with E-state index in [4.69, 9.17) is 17.3 Å². The molecular formula is C26H26ClN5O. The van der Waals surface area contributed by atoms with Crippen LogP contribution >= 0.6 is 11.6 Å². The topological polar surface area (TPSA) is 75.3 Å². The van der Waals surface area contributed by atoms with Crippen molar-refractivity contribution in [1.82, 2.24) is 19.8 Å². The summed E-state index contributed by atoms with van der Waals surface area (Å²) in [6.07, 6.45) is 2.25. The first-order valence-corrected chi connectivity index (χ1v) is 11.6. The van der Waals surface area contributed by atoms with E-state index in [1.807, 2.05) is 41.3 Å². The van der Waals surface area contributed by atoms with Gasteiger partial charge in [-0.15, -0.1) is 0 Å². The van der Waals surface area contributed by atoms with Crippen molar-refractivity contribution >= 4 is 45.0 Å². The molecule has 4 aromatic rings. The van der Waals surface area contributed by atoms with Crippen LogP contribution in [0.3, 0.4) is 0 Å². The Kier molecular flexibility index (Phi) is 5.87. The number of hydrogen-bond donors (Lipinski definition) is 1. The summed E-state index contributed by atoms with van der Waals surface area (Å²) in [6.45, 7) is 4.94. The zero-order valence-electron chi connectivity index (χ0n) is 18.5. The fraction of sp³-hybridized carbons (Fsp3) is 0.269. The molecule has 5 rings (SSSR count). The largest absolute Gasteiger partial charge is 0.383 e. The molecule has 0 bridgehead atoms. The summed E-state index contributed by atoms with van der Waals surface area (Å²) in [7, 11) is 0. The van der Waals surface area contributed by atoms with Gasteiger partial charge in [0.2, 0.25) is 5.91 Å². The third-order valence-electron chi connectivity index (χ3n) is 6.44. The normalized spacial score (nSPS) is 17.2. The number of benzene rings is 3. The molecule has 0 unspecified atom stereocenters. The molecule has 1 saturated heterocycles. The summed E-state index contributed by atoms with van der Waals surface area (Å²) in [4.78, 5) is 26.0. The van der Waals surface area contributed by atoms with Crippen molar-refractivity contribution in [3.8, 4) is 0 Å². The van der Waals surface area contributed by atoms with Gasteiger partial charge in [-0.05, 0) is 58.7 Å². The number of nitrogens with zero attached hydrogens (tertiary/aromatic N) is 4. The third kappa shape index (κ3) is 4.36. The minimum absolute atomic E-state index is 0.127. The zero-order chi connectivity index (χ0) is 22.9. The van der Waals surface area contributed by atoms with Gasteiger partial charge in [0.15, 0.2) is 0 Å². The minimum Gasteiger partial charge on any atom is -0.383 e. The van der Waals surface area contributed by atoms with Gasteiger partial charge in [0.25, 0.3) is 0 Å². The van der Waals surface area contributed by atoms with Crippen molar-refractivity contribution in [3.05, 3.63) is 77.1 Å². The minimum atomic E-state index is -0.127. The van der Waals surface area contributed by atoms with Gasteiger partial charge in [0.05, 0.1) is 11.6 Å². The van der Waals surface area contributed by atoms with Gasteiger partial charge in [-0.1, -0.05) is 42.8 Å². The fourth-order valence-corrected chi connectivity index (χ4v) is 4.88. The van der Waals surface area contributed by atoms with Crippen LogP contribution in [0, 0.1) is 0 Å². The summed E-state index contributed by atoms with van der Waals surface area (Å²) in [6, 6.07) is 18.2. The van der Waals surface area contributed by atoms with E-state index in [0.29, 0.717) is 18.9 Å². The van der Waals surface area contributed by atoms with Crippen LogP contribution in [-0.4, -0.2) is 44.8 Å². The second-order valence-corrected chi connectivity index (χ2v) is 9.03. The van der Waals surface area contributed by atoms with E-state index in [-0.39, 0.29) is 11.9 Å². The molecule has 2 heterocycles. The Morgan fingerprint density at radius 2 is 1.73 bits per heavy atom. The second kappa shape index (κ2) is 8.96. The zero-order valence-corrected chi connectivity index (χ0v) is 19.3. The summed E-state index contributed by atoms with van der Waals surface area (Å²) in [5, 5.41) is 3.86. The highest BCUT2D eigenvalue weighted by Crippen LogP contribution is 2.25. The van der Waals surface area contributed by atoms with Crippen molar-refractivity contribution in [1.29, 1.82) is 0 Å². The number of carbonyl (C=O) groups is 1. The van der Waals surface area contributed by atoms with E-state index in [1.165, 1.54) is 11.9 Å².